The lowest BCUT2D eigenvalue weighted by molar-refractivity contribution is -0.119. The van der Waals surface area contributed by atoms with E-state index in [1.165, 1.54) is 34.9 Å². The number of ether oxygens (including phenoxy) is 1. The van der Waals surface area contributed by atoms with Gasteiger partial charge in [0.1, 0.15) is 11.8 Å². The van der Waals surface area contributed by atoms with Crippen LogP contribution < -0.4 is 10.1 Å². The lowest BCUT2D eigenvalue weighted by Crippen LogP contribution is -2.43. The highest BCUT2D eigenvalue weighted by Crippen LogP contribution is 2.29. The molecule has 28 heavy (non-hydrogen) atoms. The first-order valence-electron chi connectivity index (χ1n) is 8.79. The van der Waals surface area contributed by atoms with Gasteiger partial charge in [0, 0.05) is 12.2 Å². The Morgan fingerprint density at radius 1 is 1.25 bits per heavy atom. The first-order chi connectivity index (χ1) is 13.5. The normalized spacial score (nSPS) is 17.7. The second-order valence-corrected chi connectivity index (χ2v) is 9.25. The number of hydrogen-bond donors (Lipinski definition) is 1. The predicted octanol–water partition coefficient (Wildman–Crippen LogP) is 3.10. The molecule has 0 radical (unpaired) electrons. The smallest absolute Gasteiger partial charge is 0.243 e. The van der Waals surface area contributed by atoms with E-state index in [9.17, 15) is 13.2 Å². The molecule has 2 heterocycles. The molecule has 2 aromatic carbocycles. The molecule has 9 heteroatoms. The molecular formula is C19H19N3O4S2. The van der Waals surface area contributed by atoms with Crippen molar-refractivity contribution in [2.24, 2.45) is 0 Å². The zero-order valence-corrected chi connectivity index (χ0v) is 16.8. The van der Waals surface area contributed by atoms with Crippen LogP contribution in [0.25, 0.3) is 10.2 Å². The van der Waals surface area contributed by atoms with Crippen LogP contribution in [0.5, 0.6) is 5.75 Å². The van der Waals surface area contributed by atoms with Crippen molar-refractivity contribution < 1.29 is 17.9 Å². The SMILES string of the molecule is COc1ccc(S(=O)(=O)N2CCCC2C(=O)Nc2ccc3ncsc3c2)cc1. The molecule has 1 aliphatic heterocycles. The largest absolute Gasteiger partial charge is 0.497 e. The number of benzene rings is 2. The van der Waals surface area contributed by atoms with Gasteiger partial charge in [-0.25, -0.2) is 13.4 Å². The van der Waals surface area contributed by atoms with Crippen molar-refractivity contribution in [3.63, 3.8) is 0 Å². The molecule has 0 spiro atoms. The summed E-state index contributed by atoms with van der Waals surface area (Å²) in [6, 6.07) is 10.9. The highest BCUT2D eigenvalue weighted by Gasteiger charge is 2.39. The Morgan fingerprint density at radius 3 is 2.79 bits per heavy atom. The fourth-order valence-corrected chi connectivity index (χ4v) is 5.70. The first kappa shape index (κ1) is 18.9. The topological polar surface area (TPSA) is 88.6 Å². The van der Waals surface area contributed by atoms with Gasteiger partial charge >= 0.3 is 0 Å². The minimum Gasteiger partial charge on any atom is -0.497 e. The number of thiazole rings is 1. The zero-order valence-electron chi connectivity index (χ0n) is 15.2. The van der Waals surface area contributed by atoms with E-state index in [1.807, 2.05) is 12.1 Å². The summed E-state index contributed by atoms with van der Waals surface area (Å²) in [5.41, 5.74) is 3.25. The van der Waals surface area contributed by atoms with E-state index in [0.29, 0.717) is 30.8 Å². The van der Waals surface area contributed by atoms with E-state index >= 15 is 0 Å². The third kappa shape index (κ3) is 3.48. The van der Waals surface area contributed by atoms with E-state index in [4.69, 9.17) is 4.74 Å². The predicted molar refractivity (Wildman–Crippen MR) is 108 cm³/mol. The molecule has 1 atom stereocenters. The minimum atomic E-state index is -3.77. The number of nitrogens with one attached hydrogen (secondary N) is 1. The van der Waals surface area contributed by atoms with Crippen molar-refractivity contribution in [1.29, 1.82) is 0 Å². The van der Waals surface area contributed by atoms with E-state index in [2.05, 4.69) is 10.3 Å². The number of rotatable bonds is 5. The van der Waals surface area contributed by atoms with Gasteiger partial charge in [-0.15, -0.1) is 11.3 Å². The van der Waals surface area contributed by atoms with Crippen molar-refractivity contribution in [2.45, 2.75) is 23.8 Å². The average Bonchev–Trinajstić information content (AvgIpc) is 3.37. The Balaban J connectivity index is 1.55. The van der Waals surface area contributed by atoms with Gasteiger partial charge in [-0.2, -0.15) is 4.31 Å². The molecule has 1 fully saturated rings. The van der Waals surface area contributed by atoms with E-state index in [0.717, 1.165) is 10.2 Å². The number of carbonyl (C=O) groups is 1. The fourth-order valence-electron chi connectivity index (χ4n) is 3.33. The van der Waals surface area contributed by atoms with Gasteiger partial charge in [-0.3, -0.25) is 4.79 Å². The molecule has 1 unspecified atom stereocenters. The molecule has 0 saturated carbocycles. The van der Waals surface area contributed by atoms with Gasteiger partial charge in [0.25, 0.3) is 0 Å². The van der Waals surface area contributed by atoms with Crippen LogP contribution in [0.1, 0.15) is 12.8 Å². The number of nitrogens with zero attached hydrogens (tertiary/aromatic N) is 2. The van der Waals surface area contributed by atoms with Gasteiger partial charge in [-0.05, 0) is 55.3 Å². The molecule has 7 nitrogen and oxygen atoms in total. The van der Waals surface area contributed by atoms with Crippen molar-refractivity contribution >= 4 is 43.2 Å². The Labute approximate surface area is 167 Å². The lowest BCUT2D eigenvalue weighted by Gasteiger charge is -2.23. The second-order valence-electron chi connectivity index (χ2n) is 6.47. The second kappa shape index (κ2) is 7.50. The number of methoxy groups -OCH3 is 1. The molecule has 0 aliphatic carbocycles. The van der Waals surface area contributed by atoms with Crippen LogP contribution >= 0.6 is 11.3 Å². The summed E-state index contributed by atoms with van der Waals surface area (Å²) in [5.74, 6) is 0.256. The number of sulfonamides is 1. The first-order valence-corrected chi connectivity index (χ1v) is 11.1. The van der Waals surface area contributed by atoms with Crippen LogP contribution in [-0.2, 0) is 14.8 Å². The third-order valence-electron chi connectivity index (χ3n) is 4.77. The van der Waals surface area contributed by atoms with Gasteiger partial charge in [0.15, 0.2) is 0 Å². The maximum Gasteiger partial charge on any atom is 0.243 e. The highest BCUT2D eigenvalue weighted by molar-refractivity contribution is 7.89. The Morgan fingerprint density at radius 2 is 2.04 bits per heavy atom. The molecule has 1 saturated heterocycles. The monoisotopic (exact) mass is 417 g/mol. The number of aromatic nitrogens is 1. The summed E-state index contributed by atoms with van der Waals surface area (Å²) in [7, 11) is -2.25. The molecule has 1 amide bonds. The summed E-state index contributed by atoms with van der Waals surface area (Å²) < 4.78 is 33.4. The molecule has 1 aromatic heterocycles. The number of amides is 1. The molecule has 3 aromatic rings. The summed E-state index contributed by atoms with van der Waals surface area (Å²) in [6.07, 6.45) is 1.13. The van der Waals surface area contributed by atoms with Gasteiger partial charge in [-0.1, -0.05) is 0 Å². The van der Waals surface area contributed by atoms with Gasteiger partial charge in [0.05, 0.1) is 27.7 Å². The average molecular weight is 418 g/mol. The Kier molecular flexibility index (Phi) is 5.05. The van der Waals surface area contributed by atoms with Crippen LogP contribution in [0, 0.1) is 0 Å². The van der Waals surface area contributed by atoms with E-state index < -0.39 is 16.1 Å². The maximum absolute atomic E-state index is 13.0. The van der Waals surface area contributed by atoms with Crippen molar-refractivity contribution in [1.82, 2.24) is 9.29 Å². The van der Waals surface area contributed by atoms with Crippen LogP contribution in [-0.4, -0.2) is 43.3 Å². The van der Waals surface area contributed by atoms with E-state index in [1.54, 1.807) is 23.7 Å². The van der Waals surface area contributed by atoms with Gasteiger partial charge < -0.3 is 10.1 Å². The molecule has 1 N–H and O–H groups in total. The van der Waals surface area contributed by atoms with Crippen molar-refractivity contribution in [3.05, 3.63) is 48.0 Å². The molecule has 0 bridgehead atoms. The summed E-state index contributed by atoms with van der Waals surface area (Å²) in [5, 5.41) is 2.85. The van der Waals surface area contributed by atoms with Crippen molar-refractivity contribution in [3.8, 4) is 5.75 Å². The number of carbonyl (C=O) groups excluding carboxylic acids is 1. The summed E-state index contributed by atoms with van der Waals surface area (Å²) in [6.45, 7) is 0.320. The number of anilines is 1. The third-order valence-corrected chi connectivity index (χ3v) is 7.49. The van der Waals surface area contributed by atoms with Crippen LogP contribution in [0.15, 0.2) is 52.9 Å². The summed E-state index contributed by atoms with van der Waals surface area (Å²) >= 11 is 1.49. The quantitative estimate of drug-likeness (QED) is 0.689. The molecule has 146 valence electrons. The highest BCUT2D eigenvalue weighted by atomic mass is 32.2. The maximum atomic E-state index is 13.0. The molecular weight excluding hydrogens is 398 g/mol. The van der Waals surface area contributed by atoms with Crippen LogP contribution in [0.3, 0.4) is 0 Å². The zero-order chi connectivity index (χ0) is 19.7. The summed E-state index contributed by atoms with van der Waals surface area (Å²) in [4.78, 5) is 17.2. The molecule has 4 rings (SSSR count). The van der Waals surface area contributed by atoms with Gasteiger partial charge in [0.2, 0.25) is 15.9 Å². The standard InChI is InChI=1S/C19H19N3O4S2/c1-26-14-5-7-15(8-6-14)28(24,25)22-10-2-3-17(22)19(23)21-13-4-9-16-18(11-13)27-12-20-16/h4-9,11-12,17H,2-3,10H2,1H3,(H,21,23). The van der Waals surface area contributed by atoms with Crippen LogP contribution in [0.4, 0.5) is 5.69 Å². The van der Waals surface area contributed by atoms with E-state index in [-0.39, 0.29) is 10.8 Å². The Bertz CT molecular complexity index is 1110. The number of fused-ring (bicyclic) bond motifs is 1. The van der Waals surface area contributed by atoms with Crippen molar-refractivity contribution in [2.75, 3.05) is 19.0 Å². The minimum absolute atomic E-state index is 0.152. The molecule has 1 aliphatic rings. The lowest BCUT2D eigenvalue weighted by atomic mass is 10.2. The fraction of sp³-hybridized carbons (Fsp3) is 0.263. The number of hydrogen-bond acceptors (Lipinski definition) is 6. The Hall–Kier alpha value is -2.49. The van der Waals surface area contributed by atoms with Crippen LogP contribution in [0.2, 0.25) is 0 Å².